The molecule has 0 radical (unpaired) electrons. The summed E-state index contributed by atoms with van der Waals surface area (Å²) >= 11 is 1.41. The first-order valence-electron chi connectivity index (χ1n) is 4.39. The molecule has 7 nitrogen and oxygen atoms in total. The summed E-state index contributed by atoms with van der Waals surface area (Å²) < 4.78 is 4.77. The molecule has 1 amide bonds. The van der Waals surface area contributed by atoms with Crippen molar-refractivity contribution in [3.8, 4) is 6.01 Å². The molecule has 0 aromatic carbocycles. The van der Waals surface area contributed by atoms with Crippen LogP contribution in [0, 0.1) is 6.92 Å². The number of ether oxygens (including phenoxy) is 1. The van der Waals surface area contributed by atoms with E-state index in [1.807, 2.05) is 6.92 Å². The van der Waals surface area contributed by atoms with E-state index in [9.17, 15) is 4.79 Å². The standard InChI is InChI=1S/C8H9N5O2S/c1-4-9-5(3-16-4)6(14)10-7-11-8(15-2)13-12-7/h3H,1-2H3,(H2,10,11,12,13,14). The Balaban J connectivity index is 2.07. The fourth-order valence-electron chi connectivity index (χ4n) is 1.03. The number of methoxy groups -OCH3 is 1. The number of rotatable bonds is 3. The third-order valence-corrected chi connectivity index (χ3v) is 2.50. The van der Waals surface area contributed by atoms with Crippen LogP contribution in [0.15, 0.2) is 5.38 Å². The van der Waals surface area contributed by atoms with E-state index in [0.717, 1.165) is 5.01 Å². The van der Waals surface area contributed by atoms with Crippen LogP contribution in [0.3, 0.4) is 0 Å². The number of carbonyl (C=O) groups excluding carboxylic acids is 1. The van der Waals surface area contributed by atoms with Gasteiger partial charge in [0.25, 0.3) is 5.91 Å². The Bertz CT molecular complexity index is 506. The molecule has 0 atom stereocenters. The molecule has 2 N–H and O–H groups in total. The Morgan fingerprint density at radius 1 is 1.56 bits per heavy atom. The zero-order valence-electron chi connectivity index (χ0n) is 8.64. The van der Waals surface area contributed by atoms with Crippen molar-refractivity contribution < 1.29 is 9.53 Å². The van der Waals surface area contributed by atoms with Crippen molar-refractivity contribution in [2.45, 2.75) is 6.92 Å². The van der Waals surface area contributed by atoms with Crippen LogP contribution in [0.4, 0.5) is 5.95 Å². The third-order valence-electron chi connectivity index (χ3n) is 1.73. The van der Waals surface area contributed by atoms with Gasteiger partial charge in [0.05, 0.1) is 12.1 Å². The van der Waals surface area contributed by atoms with Crippen molar-refractivity contribution in [3.63, 3.8) is 0 Å². The van der Waals surface area contributed by atoms with Gasteiger partial charge in [-0.3, -0.25) is 10.1 Å². The maximum atomic E-state index is 11.6. The topological polar surface area (TPSA) is 92.8 Å². The second-order valence-corrected chi connectivity index (χ2v) is 3.94. The van der Waals surface area contributed by atoms with Gasteiger partial charge in [0.1, 0.15) is 5.69 Å². The summed E-state index contributed by atoms with van der Waals surface area (Å²) in [6, 6.07) is 0.171. The molecule has 0 fully saturated rings. The number of hydrogen-bond acceptors (Lipinski definition) is 6. The Morgan fingerprint density at radius 2 is 2.38 bits per heavy atom. The number of nitrogens with one attached hydrogen (secondary N) is 2. The lowest BCUT2D eigenvalue weighted by Gasteiger charge is -1.96. The van der Waals surface area contributed by atoms with Crippen LogP contribution in [0.25, 0.3) is 0 Å². The third kappa shape index (κ3) is 2.16. The number of aryl methyl sites for hydroxylation is 1. The van der Waals surface area contributed by atoms with Gasteiger partial charge in [0, 0.05) is 5.38 Å². The van der Waals surface area contributed by atoms with E-state index in [2.05, 4.69) is 25.5 Å². The molecule has 2 aromatic rings. The van der Waals surface area contributed by atoms with Crippen molar-refractivity contribution in [3.05, 3.63) is 16.1 Å². The van der Waals surface area contributed by atoms with Crippen LogP contribution < -0.4 is 10.1 Å². The van der Waals surface area contributed by atoms with Gasteiger partial charge in [-0.2, -0.15) is 4.98 Å². The van der Waals surface area contributed by atoms with Crippen LogP contribution in [-0.4, -0.2) is 33.2 Å². The van der Waals surface area contributed by atoms with Crippen LogP contribution in [-0.2, 0) is 0 Å². The summed E-state index contributed by atoms with van der Waals surface area (Å²) in [7, 11) is 1.44. The first kappa shape index (κ1) is 10.6. The molecule has 0 saturated carbocycles. The molecule has 2 aromatic heterocycles. The van der Waals surface area contributed by atoms with Gasteiger partial charge in [-0.25, -0.2) is 10.1 Å². The minimum atomic E-state index is -0.330. The average Bonchev–Trinajstić information content (AvgIpc) is 2.87. The van der Waals surface area contributed by atoms with E-state index in [0.29, 0.717) is 5.69 Å². The van der Waals surface area contributed by atoms with E-state index in [1.165, 1.54) is 18.4 Å². The van der Waals surface area contributed by atoms with Crippen molar-refractivity contribution in [1.82, 2.24) is 20.2 Å². The highest BCUT2D eigenvalue weighted by atomic mass is 32.1. The fourth-order valence-corrected chi connectivity index (χ4v) is 1.63. The summed E-state index contributed by atoms with van der Waals surface area (Å²) in [4.78, 5) is 19.5. The van der Waals surface area contributed by atoms with Crippen molar-refractivity contribution in [2.24, 2.45) is 0 Å². The number of aromatic amines is 1. The average molecular weight is 239 g/mol. The molecule has 84 valence electrons. The Kier molecular flexibility index (Phi) is 2.82. The van der Waals surface area contributed by atoms with Gasteiger partial charge in [-0.1, -0.05) is 0 Å². The molecule has 0 aliphatic carbocycles. The van der Waals surface area contributed by atoms with Gasteiger partial charge in [-0.05, 0) is 6.92 Å². The highest BCUT2D eigenvalue weighted by Crippen LogP contribution is 2.10. The number of aromatic nitrogens is 4. The molecule has 0 aliphatic heterocycles. The van der Waals surface area contributed by atoms with E-state index >= 15 is 0 Å². The van der Waals surface area contributed by atoms with Crippen LogP contribution in [0.2, 0.25) is 0 Å². The summed E-state index contributed by atoms with van der Waals surface area (Å²) in [5, 5.41) is 11.3. The molecule has 0 saturated heterocycles. The number of hydrogen-bond donors (Lipinski definition) is 2. The van der Waals surface area contributed by atoms with Gasteiger partial charge < -0.3 is 4.74 Å². The van der Waals surface area contributed by atoms with Crippen LogP contribution in [0.1, 0.15) is 15.5 Å². The van der Waals surface area contributed by atoms with Gasteiger partial charge >= 0.3 is 6.01 Å². The number of anilines is 1. The Labute approximate surface area is 94.9 Å². The van der Waals surface area contributed by atoms with Crippen molar-refractivity contribution in [1.29, 1.82) is 0 Å². The molecule has 0 spiro atoms. The maximum Gasteiger partial charge on any atom is 0.336 e. The lowest BCUT2D eigenvalue weighted by atomic mass is 10.4. The predicted octanol–water partition coefficient (Wildman–Crippen LogP) is 0.831. The quantitative estimate of drug-likeness (QED) is 0.827. The lowest BCUT2D eigenvalue weighted by Crippen LogP contribution is -2.13. The lowest BCUT2D eigenvalue weighted by molar-refractivity contribution is 0.102. The fraction of sp³-hybridized carbons (Fsp3) is 0.250. The summed E-state index contributed by atoms with van der Waals surface area (Å²) in [6.07, 6.45) is 0. The number of H-pyrrole nitrogens is 1. The Morgan fingerprint density at radius 3 is 2.94 bits per heavy atom. The molecule has 2 rings (SSSR count). The maximum absolute atomic E-state index is 11.6. The van der Waals surface area contributed by atoms with E-state index in [1.54, 1.807) is 5.38 Å². The molecule has 0 unspecified atom stereocenters. The highest BCUT2D eigenvalue weighted by molar-refractivity contribution is 7.09. The molecular formula is C8H9N5O2S. The molecule has 16 heavy (non-hydrogen) atoms. The summed E-state index contributed by atoms with van der Waals surface area (Å²) in [5.74, 6) is -0.101. The monoisotopic (exact) mass is 239 g/mol. The smallest absolute Gasteiger partial charge is 0.336 e. The number of nitrogens with zero attached hydrogens (tertiary/aromatic N) is 3. The number of thiazole rings is 1. The highest BCUT2D eigenvalue weighted by Gasteiger charge is 2.12. The van der Waals surface area contributed by atoms with Crippen LogP contribution in [0.5, 0.6) is 6.01 Å². The van der Waals surface area contributed by atoms with Gasteiger partial charge in [0.15, 0.2) is 0 Å². The van der Waals surface area contributed by atoms with Crippen molar-refractivity contribution >= 4 is 23.2 Å². The zero-order chi connectivity index (χ0) is 11.5. The first-order chi connectivity index (χ1) is 7.69. The molecule has 0 aliphatic rings. The predicted molar refractivity (Wildman–Crippen MR) is 57.7 cm³/mol. The molecule has 2 heterocycles. The zero-order valence-corrected chi connectivity index (χ0v) is 9.46. The van der Waals surface area contributed by atoms with E-state index in [4.69, 9.17) is 4.74 Å². The SMILES string of the molecule is COc1n[nH]c(NC(=O)c2csc(C)n2)n1. The van der Waals surface area contributed by atoms with Gasteiger partial charge in [0.2, 0.25) is 5.95 Å². The number of carbonyl (C=O) groups is 1. The van der Waals surface area contributed by atoms with E-state index < -0.39 is 0 Å². The van der Waals surface area contributed by atoms with E-state index in [-0.39, 0.29) is 17.9 Å². The summed E-state index contributed by atoms with van der Waals surface area (Å²) in [6.45, 7) is 1.83. The normalized spacial score (nSPS) is 10.1. The van der Waals surface area contributed by atoms with Crippen molar-refractivity contribution in [2.75, 3.05) is 12.4 Å². The first-order valence-corrected chi connectivity index (χ1v) is 5.27. The minimum absolute atomic E-state index is 0.171. The van der Waals surface area contributed by atoms with Crippen LogP contribution >= 0.6 is 11.3 Å². The number of amides is 1. The second kappa shape index (κ2) is 4.27. The second-order valence-electron chi connectivity index (χ2n) is 2.88. The minimum Gasteiger partial charge on any atom is -0.466 e. The Hall–Kier alpha value is -1.96. The van der Waals surface area contributed by atoms with Gasteiger partial charge in [-0.15, -0.1) is 16.4 Å². The molecule has 0 bridgehead atoms. The summed E-state index contributed by atoms with van der Waals surface area (Å²) in [5.41, 5.74) is 0.359. The largest absolute Gasteiger partial charge is 0.466 e. The molecular weight excluding hydrogens is 230 g/mol. The molecule has 8 heteroatoms.